The molecule has 0 unspecified atom stereocenters. The average molecular weight is 247 g/mol. The van der Waals surface area contributed by atoms with Crippen LogP contribution in [-0.4, -0.2) is 110 Å². The van der Waals surface area contributed by atoms with Crippen LogP contribution in [0.5, 0.6) is 0 Å². The van der Waals surface area contributed by atoms with E-state index in [2.05, 4.69) is 90.3 Å². The highest BCUT2D eigenvalue weighted by molar-refractivity contribution is 6.60. The Morgan fingerprint density at radius 2 is 1.16 bits per heavy atom. The predicted octanol–water partition coefficient (Wildman–Crippen LogP) is -9.67. The monoisotopic (exact) mass is 249 g/mol. The van der Waals surface area contributed by atoms with Crippen molar-refractivity contribution >= 4 is 78.5 Å². The molecule has 1 saturated heterocycles. The maximum Gasteiger partial charge on any atom is 0.132 e. The first-order valence-corrected chi connectivity index (χ1v) is 7.64. The summed E-state index contributed by atoms with van der Waals surface area (Å²) in [5.41, 5.74) is 0. The fourth-order valence-corrected chi connectivity index (χ4v) is 3.80. The van der Waals surface area contributed by atoms with Gasteiger partial charge in [-0.15, -0.1) is 0 Å². The van der Waals surface area contributed by atoms with Crippen LogP contribution in [0.4, 0.5) is 0 Å². The van der Waals surface area contributed by atoms with Crippen molar-refractivity contribution in [2.75, 3.05) is 0 Å². The second-order valence-corrected chi connectivity index (χ2v) is 8.74. The number of hydrogen-bond acceptors (Lipinski definition) is 2. The minimum absolute atomic E-state index is 0.0223. The number of rotatable bonds is 2. The molecular weight excluding hydrogens is 222 g/mol. The lowest BCUT2D eigenvalue weighted by Crippen LogP contribution is -2.89. The Morgan fingerprint density at radius 3 is 1.42 bits per heavy atom. The van der Waals surface area contributed by atoms with Crippen LogP contribution in [0.2, 0.25) is 0 Å². The Labute approximate surface area is 128 Å². The zero-order valence-electron chi connectivity index (χ0n) is 15.1. The van der Waals surface area contributed by atoms with Gasteiger partial charge in [-0.05, 0) is 16.0 Å². The number of hydrogen-bond donors (Lipinski definition) is 0. The molecule has 0 radical (unpaired) electrons. The largest absolute Gasteiger partial charge is 0.403 e. The summed E-state index contributed by atoms with van der Waals surface area (Å²) >= 11 is 0. The van der Waals surface area contributed by atoms with Crippen molar-refractivity contribution < 1.29 is 4.74 Å². The first kappa shape index (κ1) is 17.6. The zero-order valence-corrected chi connectivity index (χ0v) is 15.1. The predicted molar refractivity (Wildman–Crippen MR) is 112 cm³/mol. The van der Waals surface area contributed by atoms with Gasteiger partial charge in [0.25, 0.3) is 0 Å². The Morgan fingerprint density at radius 1 is 0.842 bits per heavy atom. The van der Waals surface area contributed by atoms with Crippen molar-refractivity contribution in [1.29, 1.82) is 0 Å². The van der Waals surface area contributed by atoms with E-state index in [9.17, 15) is 0 Å². The highest BCUT2D eigenvalue weighted by atomic mass is 16.5. The SMILES string of the molecule is BC(B)(CC)N1C(B)(B)C(B)(B)OC(B)(B)C1(B)B. The van der Waals surface area contributed by atoms with Crippen LogP contribution in [0.1, 0.15) is 13.3 Å². The van der Waals surface area contributed by atoms with Gasteiger partial charge < -0.3 is 9.64 Å². The molecule has 0 aromatic carbocycles. The van der Waals surface area contributed by atoms with E-state index in [0.29, 0.717) is 0 Å². The minimum atomic E-state index is -0.182. The molecule has 0 aromatic heterocycles. The van der Waals surface area contributed by atoms with Gasteiger partial charge in [-0.2, -0.15) is 0 Å². The lowest BCUT2D eigenvalue weighted by molar-refractivity contribution is -0.123. The average Bonchev–Trinajstić information content (AvgIpc) is 2.12. The van der Waals surface area contributed by atoms with E-state index in [-0.39, 0.29) is 26.8 Å². The number of nitrogens with zero attached hydrogens (tertiary/aromatic N) is 1. The van der Waals surface area contributed by atoms with Crippen LogP contribution in [-0.2, 0) is 4.74 Å². The minimum Gasteiger partial charge on any atom is -0.403 e. The van der Waals surface area contributed by atoms with Crippen LogP contribution >= 0.6 is 0 Å². The molecule has 1 fully saturated rings. The molecule has 94 valence electrons. The van der Waals surface area contributed by atoms with E-state index in [1.165, 1.54) is 0 Å². The van der Waals surface area contributed by atoms with Crippen LogP contribution in [0.25, 0.3) is 0 Å². The summed E-state index contributed by atoms with van der Waals surface area (Å²) in [6.07, 6.45) is 1.13. The van der Waals surface area contributed by atoms with Gasteiger partial charge >= 0.3 is 0 Å². The fourth-order valence-electron chi connectivity index (χ4n) is 3.80. The van der Waals surface area contributed by atoms with Crippen molar-refractivity contribution in [3.8, 4) is 0 Å². The Kier molecular flexibility index (Phi) is 4.20. The van der Waals surface area contributed by atoms with Crippen LogP contribution < -0.4 is 0 Å². The second kappa shape index (κ2) is 4.53. The van der Waals surface area contributed by atoms with Crippen LogP contribution in [0.15, 0.2) is 0 Å². The maximum absolute atomic E-state index is 6.52. The molecule has 1 aliphatic heterocycles. The smallest absolute Gasteiger partial charge is 0.132 e. The molecule has 0 bridgehead atoms. The van der Waals surface area contributed by atoms with E-state index in [4.69, 9.17) is 4.74 Å². The summed E-state index contributed by atoms with van der Waals surface area (Å²) in [6, 6.07) is 0. The van der Waals surface area contributed by atoms with E-state index in [1.54, 1.807) is 0 Å². The van der Waals surface area contributed by atoms with Crippen molar-refractivity contribution in [3.63, 3.8) is 0 Å². The van der Waals surface area contributed by atoms with E-state index in [1.807, 2.05) is 0 Å². The molecule has 1 heterocycles. The summed E-state index contributed by atoms with van der Waals surface area (Å²) in [5.74, 6) is 0. The molecule has 19 heavy (non-hydrogen) atoms. The Hall–Kier alpha value is 0.569. The fraction of sp³-hybridized carbons (Fsp3) is 1.00. The summed E-state index contributed by atoms with van der Waals surface area (Å²) < 4.78 is 6.52. The molecule has 0 aliphatic carbocycles. The number of ether oxygens (including phenoxy) is 1. The van der Waals surface area contributed by atoms with Gasteiger partial charge in [-0.25, -0.2) is 0 Å². The lowest BCUT2D eigenvalue weighted by Gasteiger charge is -2.72. The van der Waals surface area contributed by atoms with E-state index < -0.39 is 0 Å². The molecule has 1 rings (SSSR count). The summed E-state index contributed by atoms with van der Waals surface area (Å²) in [6.45, 7) is 2.28. The standard InChI is InChI=1S/C7H25B10NO/c1-2-3(8,9)18-4(10,11)6(14,15)19-7(16,17)5(18,12)13/h2,8-17H2,1H3. The van der Waals surface area contributed by atoms with Gasteiger partial charge in [0.05, 0.1) is 0 Å². The third kappa shape index (κ3) is 2.46. The molecule has 0 aromatic rings. The molecule has 1 aliphatic rings. The van der Waals surface area contributed by atoms with Gasteiger partial charge in [0.1, 0.15) is 78.5 Å². The van der Waals surface area contributed by atoms with Crippen molar-refractivity contribution in [2.24, 2.45) is 0 Å². The van der Waals surface area contributed by atoms with Crippen molar-refractivity contribution in [2.45, 2.75) is 40.2 Å². The summed E-state index contributed by atoms with van der Waals surface area (Å²) in [5, 5.41) is -0.265. The van der Waals surface area contributed by atoms with Gasteiger partial charge in [-0.3, -0.25) is 0 Å². The number of morpholine rings is 1. The molecular formula is C7H25B10NO. The van der Waals surface area contributed by atoms with Crippen LogP contribution in [0, 0.1) is 0 Å². The van der Waals surface area contributed by atoms with Gasteiger partial charge in [0, 0.05) is 10.8 Å². The quantitative estimate of drug-likeness (QED) is 0.450. The highest BCUT2D eigenvalue weighted by Gasteiger charge is 2.60. The highest BCUT2D eigenvalue weighted by Crippen LogP contribution is 2.43. The van der Waals surface area contributed by atoms with Crippen molar-refractivity contribution in [1.82, 2.24) is 4.90 Å². The summed E-state index contributed by atoms with van der Waals surface area (Å²) in [4.78, 5) is 2.69. The molecule has 0 amide bonds. The zero-order chi connectivity index (χ0) is 15.5. The van der Waals surface area contributed by atoms with Crippen LogP contribution in [0.3, 0.4) is 0 Å². The van der Waals surface area contributed by atoms with Gasteiger partial charge in [0.2, 0.25) is 0 Å². The molecule has 2 nitrogen and oxygen atoms in total. The Balaban J connectivity index is 3.51. The maximum atomic E-state index is 6.52. The third-order valence-corrected chi connectivity index (χ3v) is 6.05. The third-order valence-electron chi connectivity index (χ3n) is 6.05. The summed E-state index contributed by atoms with van der Waals surface area (Å²) in [7, 11) is 22.9. The lowest BCUT2D eigenvalue weighted by atomic mass is 9.28. The van der Waals surface area contributed by atoms with E-state index >= 15 is 0 Å². The topological polar surface area (TPSA) is 12.5 Å². The first-order chi connectivity index (χ1) is 8.13. The second-order valence-electron chi connectivity index (χ2n) is 8.74. The van der Waals surface area contributed by atoms with E-state index in [0.717, 1.165) is 6.42 Å². The molecule has 12 heteroatoms. The molecule has 0 N–H and O–H groups in total. The molecule has 0 atom stereocenters. The molecule has 0 spiro atoms. The van der Waals surface area contributed by atoms with Gasteiger partial charge in [-0.1, -0.05) is 13.3 Å². The van der Waals surface area contributed by atoms with Gasteiger partial charge in [0.15, 0.2) is 0 Å². The normalized spacial score (nSPS) is 28.7. The Bertz CT molecular complexity index is 341. The van der Waals surface area contributed by atoms with Crippen molar-refractivity contribution in [3.05, 3.63) is 0 Å². The molecule has 0 saturated carbocycles. The first-order valence-electron chi connectivity index (χ1n) is 7.64.